The highest BCUT2D eigenvalue weighted by molar-refractivity contribution is 5.75. The van der Waals surface area contributed by atoms with Crippen LogP contribution in [0.25, 0.3) is 0 Å². The molecule has 150 valence electrons. The zero-order chi connectivity index (χ0) is 19.7. The molecule has 3 heterocycles. The fourth-order valence-corrected chi connectivity index (χ4v) is 4.33. The molecule has 2 aliphatic heterocycles. The molecule has 4 rings (SSSR count). The molecular weight excluding hydrogens is 354 g/mol. The normalized spacial score (nSPS) is 20.9. The number of urea groups is 1. The summed E-state index contributed by atoms with van der Waals surface area (Å²) in [5.74, 6) is 1.36. The summed E-state index contributed by atoms with van der Waals surface area (Å²) < 4.78 is 3.34. The molecule has 0 spiro atoms. The number of fused-ring (bicyclic) bond motifs is 3. The Hall–Kier alpha value is -2.57. The average Bonchev–Trinajstić information content (AvgIpc) is 3.12. The van der Waals surface area contributed by atoms with E-state index in [1.807, 2.05) is 35.2 Å². The van der Waals surface area contributed by atoms with Gasteiger partial charge in [0, 0.05) is 25.6 Å². The Kier molecular flexibility index (Phi) is 5.24. The van der Waals surface area contributed by atoms with Crippen LogP contribution in [0.5, 0.6) is 0 Å². The van der Waals surface area contributed by atoms with Gasteiger partial charge in [-0.2, -0.15) is 5.10 Å². The van der Waals surface area contributed by atoms with Gasteiger partial charge in [-0.3, -0.25) is 4.57 Å². The van der Waals surface area contributed by atoms with E-state index in [9.17, 15) is 9.59 Å². The minimum atomic E-state index is -0.0773. The van der Waals surface area contributed by atoms with Gasteiger partial charge in [0.2, 0.25) is 0 Å². The molecule has 1 saturated heterocycles. The van der Waals surface area contributed by atoms with Gasteiger partial charge in [0.1, 0.15) is 5.82 Å². The van der Waals surface area contributed by atoms with E-state index in [4.69, 9.17) is 0 Å². The lowest BCUT2D eigenvalue weighted by atomic mass is 10.1. The minimum Gasteiger partial charge on any atom is -0.338 e. The van der Waals surface area contributed by atoms with Crippen molar-refractivity contribution in [2.75, 3.05) is 6.54 Å². The van der Waals surface area contributed by atoms with Crippen LogP contribution < -0.4 is 11.0 Å². The van der Waals surface area contributed by atoms with Crippen LogP contribution in [0, 0.1) is 5.92 Å². The van der Waals surface area contributed by atoms with E-state index in [1.54, 1.807) is 9.25 Å². The molecule has 2 atom stereocenters. The van der Waals surface area contributed by atoms with Crippen molar-refractivity contribution in [1.29, 1.82) is 0 Å². The maximum atomic E-state index is 12.9. The molecule has 1 aromatic heterocycles. The summed E-state index contributed by atoms with van der Waals surface area (Å²) >= 11 is 0. The van der Waals surface area contributed by atoms with E-state index in [1.165, 1.54) is 0 Å². The Labute approximate surface area is 165 Å². The number of amides is 2. The number of benzene rings is 1. The second-order valence-corrected chi connectivity index (χ2v) is 8.36. The Morgan fingerprint density at radius 2 is 1.96 bits per heavy atom. The third-order valence-electron chi connectivity index (χ3n) is 5.84. The fraction of sp³-hybridized carbons (Fsp3) is 0.571. The van der Waals surface area contributed by atoms with Gasteiger partial charge >= 0.3 is 11.7 Å². The molecule has 0 aliphatic carbocycles. The van der Waals surface area contributed by atoms with Gasteiger partial charge in [-0.25, -0.2) is 14.3 Å². The van der Waals surface area contributed by atoms with Crippen LogP contribution in [-0.2, 0) is 19.5 Å². The molecule has 2 aliphatic rings. The minimum absolute atomic E-state index is 0.00325. The summed E-state index contributed by atoms with van der Waals surface area (Å²) in [6.07, 6.45) is 3.53. The molecule has 2 bridgehead atoms. The zero-order valence-corrected chi connectivity index (χ0v) is 16.7. The van der Waals surface area contributed by atoms with Crippen LogP contribution in [0.3, 0.4) is 0 Å². The predicted molar refractivity (Wildman–Crippen MR) is 107 cm³/mol. The molecule has 28 heavy (non-hydrogen) atoms. The number of carbonyl (C=O) groups is 1. The first kappa shape index (κ1) is 18.8. The summed E-state index contributed by atoms with van der Waals surface area (Å²) in [4.78, 5) is 27.6. The highest BCUT2D eigenvalue weighted by Gasteiger charge is 2.41. The lowest BCUT2D eigenvalue weighted by Gasteiger charge is -2.28. The second kappa shape index (κ2) is 7.81. The molecule has 1 N–H and O–H groups in total. The van der Waals surface area contributed by atoms with Gasteiger partial charge in [0.25, 0.3) is 0 Å². The Morgan fingerprint density at radius 3 is 2.71 bits per heavy atom. The fourth-order valence-electron chi connectivity index (χ4n) is 4.33. The molecule has 7 heteroatoms. The van der Waals surface area contributed by atoms with Crippen LogP contribution in [0.4, 0.5) is 4.79 Å². The van der Waals surface area contributed by atoms with E-state index >= 15 is 0 Å². The SMILES string of the molecule is CC(C)CCNC(=O)N1[C@@H]2CC[C@H]1Cc1nn(Cc3ccccc3)c(=O)n1C2. The molecule has 1 fully saturated rings. The molecule has 2 aromatic rings. The van der Waals surface area contributed by atoms with Crippen molar-refractivity contribution in [1.82, 2.24) is 24.6 Å². The molecule has 0 saturated carbocycles. The number of nitrogens with zero attached hydrogens (tertiary/aromatic N) is 4. The summed E-state index contributed by atoms with van der Waals surface area (Å²) in [6.45, 7) is 6.02. The van der Waals surface area contributed by atoms with E-state index in [-0.39, 0.29) is 23.8 Å². The number of nitrogens with one attached hydrogen (secondary N) is 1. The lowest BCUT2D eigenvalue weighted by Crippen LogP contribution is -2.48. The zero-order valence-electron chi connectivity index (χ0n) is 16.7. The lowest BCUT2D eigenvalue weighted by molar-refractivity contribution is 0.170. The van der Waals surface area contributed by atoms with Crippen LogP contribution in [-0.4, -0.2) is 43.9 Å². The highest BCUT2D eigenvalue weighted by atomic mass is 16.2. The first-order chi connectivity index (χ1) is 13.5. The van der Waals surface area contributed by atoms with Crippen molar-refractivity contribution < 1.29 is 4.79 Å². The van der Waals surface area contributed by atoms with Gasteiger partial charge in [-0.1, -0.05) is 44.2 Å². The standard InChI is InChI=1S/C21H29N5O2/c1-15(2)10-11-22-20(27)26-17-8-9-18(26)14-24-19(12-17)23-25(21(24)28)13-16-6-4-3-5-7-16/h3-7,15,17-18H,8-14H2,1-2H3,(H,22,27)/t17-,18+/m0/s1. The first-order valence-electron chi connectivity index (χ1n) is 10.3. The average molecular weight is 383 g/mol. The van der Waals surface area contributed by atoms with Crippen molar-refractivity contribution in [2.24, 2.45) is 5.92 Å². The van der Waals surface area contributed by atoms with Gasteiger partial charge < -0.3 is 10.2 Å². The molecule has 0 unspecified atom stereocenters. The molecule has 7 nitrogen and oxygen atoms in total. The smallest absolute Gasteiger partial charge is 0.338 e. The van der Waals surface area contributed by atoms with Gasteiger partial charge in [0.05, 0.1) is 12.6 Å². The van der Waals surface area contributed by atoms with Crippen molar-refractivity contribution >= 4 is 6.03 Å². The van der Waals surface area contributed by atoms with Crippen LogP contribution in [0.2, 0.25) is 0 Å². The maximum absolute atomic E-state index is 12.9. The van der Waals surface area contributed by atoms with E-state index < -0.39 is 0 Å². The van der Waals surface area contributed by atoms with E-state index in [0.717, 1.165) is 30.7 Å². The number of rotatable bonds is 5. The number of carbonyl (C=O) groups excluding carboxylic acids is 1. The first-order valence-corrected chi connectivity index (χ1v) is 10.3. The topological polar surface area (TPSA) is 72.2 Å². The molecular formula is C21H29N5O2. The third kappa shape index (κ3) is 3.70. The monoisotopic (exact) mass is 383 g/mol. The maximum Gasteiger partial charge on any atom is 0.346 e. The molecule has 0 radical (unpaired) electrons. The van der Waals surface area contributed by atoms with Gasteiger partial charge in [0.15, 0.2) is 0 Å². The second-order valence-electron chi connectivity index (χ2n) is 8.36. The molecule has 1 aromatic carbocycles. The summed E-state index contributed by atoms with van der Waals surface area (Å²) in [6, 6.07) is 10.1. The van der Waals surface area contributed by atoms with Crippen LogP contribution >= 0.6 is 0 Å². The van der Waals surface area contributed by atoms with Crippen LogP contribution in [0.15, 0.2) is 35.1 Å². The van der Waals surface area contributed by atoms with Crippen molar-refractivity contribution in [3.05, 3.63) is 52.2 Å². The van der Waals surface area contributed by atoms with E-state index in [2.05, 4.69) is 24.3 Å². The summed E-state index contributed by atoms with van der Waals surface area (Å²) in [5.41, 5.74) is 0.985. The van der Waals surface area contributed by atoms with Crippen molar-refractivity contribution in [3.63, 3.8) is 0 Å². The number of hydrogen-bond donors (Lipinski definition) is 1. The van der Waals surface area contributed by atoms with E-state index in [0.29, 0.717) is 32.0 Å². The quantitative estimate of drug-likeness (QED) is 0.861. The van der Waals surface area contributed by atoms with Crippen LogP contribution in [0.1, 0.15) is 44.5 Å². The molecule has 2 amide bonds. The summed E-state index contributed by atoms with van der Waals surface area (Å²) in [7, 11) is 0. The number of aromatic nitrogens is 3. The van der Waals surface area contributed by atoms with Crippen molar-refractivity contribution in [2.45, 2.75) is 64.7 Å². The Bertz CT molecular complexity index is 886. The van der Waals surface area contributed by atoms with Gasteiger partial charge in [-0.15, -0.1) is 0 Å². The Morgan fingerprint density at radius 1 is 1.21 bits per heavy atom. The van der Waals surface area contributed by atoms with Crippen molar-refractivity contribution in [3.8, 4) is 0 Å². The largest absolute Gasteiger partial charge is 0.346 e. The summed E-state index contributed by atoms with van der Waals surface area (Å²) in [5, 5.41) is 7.68. The third-order valence-corrected chi connectivity index (χ3v) is 5.84. The Balaban J connectivity index is 1.50. The number of hydrogen-bond acceptors (Lipinski definition) is 3. The van der Waals surface area contributed by atoms with Gasteiger partial charge in [-0.05, 0) is 30.7 Å². The predicted octanol–water partition coefficient (Wildman–Crippen LogP) is 2.24. The highest BCUT2D eigenvalue weighted by Crippen LogP contribution is 2.30.